The second kappa shape index (κ2) is 7.34. The van der Waals surface area contributed by atoms with Gasteiger partial charge in [-0.15, -0.1) is 0 Å². The molecular formula is C20H24N2O. The van der Waals surface area contributed by atoms with Gasteiger partial charge in [0.15, 0.2) is 0 Å². The van der Waals surface area contributed by atoms with Crippen LogP contribution in [0.4, 0.5) is 5.69 Å². The van der Waals surface area contributed by atoms with Crippen molar-refractivity contribution < 1.29 is 4.74 Å². The van der Waals surface area contributed by atoms with Crippen molar-refractivity contribution in [1.82, 2.24) is 5.43 Å². The van der Waals surface area contributed by atoms with Gasteiger partial charge < -0.3 is 9.75 Å². The summed E-state index contributed by atoms with van der Waals surface area (Å²) in [5, 5.41) is 2.19. The zero-order valence-corrected chi connectivity index (χ0v) is 13.9. The van der Waals surface area contributed by atoms with E-state index in [1.54, 1.807) is 0 Å². The average Bonchev–Trinajstić information content (AvgIpc) is 3.03. The third-order valence-corrected chi connectivity index (χ3v) is 3.96. The van der Waals surface area contributed by atoms with Gasteiger partial charge >= 0.3 is 0 Å². The molecule has 1 heterocycles. The number of ether oxygens (including phenoxy) is 1. The van der Waals surface area contributed by atoms with Crippen LogP contribution < -0.4 is 15.2 Å². The normalized spacial score (nSPS) is 16.1. The lowest BCUT2D eigenvalue weighted by molar-refractivity contribution is 0.315. The topological polar surface area (TPSA) is 24.5 Å². The van der Waals surface area contributed by atoms with Gasteiger partial charge in [0.25, 0.3) is 0 Å². The maximum absolute atomic E-state index is 5.74. The molecule has 0 unspecified atom stereocenters. The number of hydrazine groups is 1. The van der Waals surface area contributed by atoms with Crippen LogP contribution in [0, 0.1) is 6.92 Å². The standard InChI is InChI=1S/C20H24N2O/c1-3-11-23-20-10-9-17(12-16(20)2)13-18-14-21-22(15-18)19-7-5-4-6-8-19/h4-10,12-13,21H,3,11,14-15H2,1-2H3. The number of hydrogen-bond donors (Lipinski definition) is 1. The van der Waals surface area contributed by atoms with Gasteiger partial charge in [-0.2, -0.15) is 0 Å². The maximum atomic E-state index is 5.74. The Morgan fingerprint density at radius 1 is 1.17 bits per heavy atom. The number of anilines is 1. The molecule has 2 aromatic rings. The fraction of sp³-hybridized carbons (Fsp3) is 0.300. The molecule has 120 valence electrons. The number of hydrogen-bond acceptors (Lipinski definition) is 3. The quantitative estimate of drug-likeness (QED) is 0.896. The molecular weight excluding hydrogens is 284 g/mol. The van der Waals surface area contributed by atoms with Crippen LogP contribution in [0.25, 0.3) is 6.08 Å². The number of nitrogens with zero attached hydrogens (tertiary/aromatic N) is 1. The molecule has 3 nitrogen and oxygen atoms in total. The molecule has 0 aromatic heterocycles. The van der Waals surface area contributed by atoms with Gasteiger partial charge in [-0.1, -0.05) is 37.3 Å². The average molecular weight is 308 g/mol. The Bertz CT molecular complexity index is 679. The van der Waals surface area contributed by atoms with E-state index in [2.05, 4.69) is 72.8 Å². The summed E-state index contributed by atoms with van der Waals surface area (Å²) in [5.74, 6) is 0.990. The molecule has 0 amide bonds. The van der Waals surface area contributed by atoms with Crippen molar-refractivity contribution >= 4 is 11.8 Å². The molecule has 0 atom stereocenters. The lowest BCUT2D eigenvalue weighted by Crippen LogP contribution is -2.30. The van der Waals surface area contributed by atoms with Gasteiger partial charge in [0, 0.05) is 6.54 Å². The lowest BCUT2D eigenvalue weighted by atomic mass is 10.1. The smallest absolute Gasteiger partial charge is 0.122 e. The first-order valence-electron chi connectivity index (χ1n) is 8.25. The Kier molecular flexibility index (Phi) is 4.99. The monoisotopic (exact) mass is 308 g/mol. The minimum Gasteiger partial charge on any atom is -0.493 e. The van der Waals surface area contributed by atoms with E-state index in [0.717, 1.165) is 31.9 Å². The molecule has 0 saturated carbocycles. The zero-order chi connectivity index (χ0) is 16.1. The van der Waals surface area contributed by atoms with Gasteiger partial charge in [0.2, 0.25) is 0 Å². The van der Waals surface area contributed by atoms with Crippen LogP contribution in [-0.4, -0.2) is 19.7 Å². The van der Waals surface area contributed by atoms with E-state index >= 15 is 0 Å². The molecule has 0 aliphatic carbocycles. The molecule has 2 aromatic carbocycles. The minimum absolute atomic E-state index is 0.775. The van der Waals surface area contributed by atoms with Crippen molar-refractivity contribution in [2.45, 2.75) is 20.3 Å². The molecule has 1 aliphatic rings. The molecule has 0 radical (unpaired) electrons. The molecule has 23 heavy (non-hydrogen) atoms. The first-order chi connectivity index (χ1) is 11.3. The molecule has 1 saturated heterocycles. The van der Waals surface area contributed by atoms with Crippen LogP contribution in [0.5, 0.6) is 5.75 Å². The van der Waals surface area contributed by atoms with Crippen molar-refractivity contribution in [2.24, 2.45) is 0 Å². The third-order valence-electron chi connectivity index (χ3n) is 3.96. The largest absolute Gasteiger partial charge is 0.493 e. The fourth-order valence-electron chi connectivity index (χ4n) is 2.77. The van der Waals surface area contributed by atoms with Crippen molar-refractivity contribution in [3.63, 3.8) is 0 Å². The summed E-state index contributed by atoms with van der Waals surface area (Å²) < 4.78 is 5.74. The minimum atomic E-state index is 0.775. The Morgan fingerprint density at radius 2 is 2.00 bits per heavy atom. The molecule has 3 heteroatoms. The first kappa shape index (κ1) is 15.6. The van der Waals surface area contributed by atoms with E-state index < -0.39 is 0 Å². The van der Waals surface area contributed by atoms with E-state index in [9.17, 15) is 0 Å². The maximum Gasteiger partial charge on any atom is 0.122 e. The first-order valence-corrected chi connectivity index (χ1v) is 8.25. The highest BCUT2D eigenvalue weighted by atomic mass is 16.5. The summed E-state index contributed by atoms with van der Waals surface area (Å²) in [6.07, 6.45) is 3.30. The molecule has 1 fully saturated rings. The Labute approximate surface area is 138 Å². The third kappa shape index (κ3) is 3.93. The molecule has 0 bridgehead atoms. The predicted octanol–water partition coefficient (Wildman–Crippen LogP) is 4.19. The summed E-state index contributed by atoms with van der Waals surface area (Å²) in [7, 11) is 0. The Balaban J connectivity index is 1.69. The van der Waals surface area contributed by atoms with Crippen LogP contribution in [0.3, 0.4) is 0 Å². The number of nitrogens with one attached hydrogen (secondary N) is 1. The zero-order valence-electron chi connectivity index (χ0n) is 13.9. The van der Waals surface area contributed by atoms with Gasteiger partial charge in [0.05, 0.1) is 18.8 Å². The van der Waals surface area contributed by atoms with Crippen LogP contribution in [0.15, 0.2) is 54.1 Å². The predicted molar refractivity (Wildman–Crippen MR) is 96.7 cm³/mol. The van der Waals surface area contributed by atoms with Crippen LogP contribution in [-0.2, 0) is 0 Å². The van der Waals surface area contributed by atoms with Crippen molar-refractivity contribution in [3.05, 3.63) is 65.2 Å². The summed E-state index contributed by atoms with van der Waals surface area (Å²) in [5.41, 5.74) is 8.45. The molecule has 1 N–H and O–H groups in total. The molecule has 0 spiro atoms. The molecule has 3 rings (SSSR count). The highest BCUT2D eigenvalue weighted by Crippen LogP contribution is 2.23. The lowest BCUT2D eigenvalue weighted by Gasteiger charge is -2.16. The van der Waals surface area contributed by atoms with Gasteiger partial charge in [-0.25, -0.2) is 5.43 Å². The summed E-state index contributed by atoms with van der Waals surface area (Å²) in [4.78, 5) is 0. The van der Waals surface area contributed by atoms with Crippen LogP contribution >= 0.6 is 0 Å². The van der Waals surface area contributed by atoms with E-state index in [1.165, 1.54) is 22.4 Å². The van der Waals surface area contributed by atoms with Crippen molar-refractivity contribution in [2.75, 3.05) is 24.7 Å². The SMILES string of the molecule is CCCOc1ccc(C=C2CNN(c3ccccc3)C2)cc1C. The van der Waals surface area contributed by atoms with E-state index in [-0.39, 0.29) is 0 Å². The van der Waals surface area contributed by atoms with Gasteiger partial charge in [0.1, 0.15) is 5.75 Å². The number of aryl methyl sites for hydroxylation is 1. The fourth-order valence-corrected chi connectivity index (χ4v) is 2.77. The number of rotatable bonds is 5. The van der Waals surface area contributed by atoms with Crippen molar-refractivity contribution in [3.8, 4) is 5.75 Å². The van der Waals surface area contributed by atoms with E-state index in [1.807, 2.05) is 6.07 Å². The second-order valence-electron chi connectivity index (χ2n) is 5.93. The van der Waals surface area contributed by atoms with Crippen molar-refractivity contribution in [1.29, 1.82) is 0 Å². The summed E-state index contributed by atoms with van der Waals surface area (Å²) in [6.45, 7) is 6.81. The summed E-state index contributed by atoms with van der Waals surface area (Å²) in [6, 6.07) is 16.8. The van der Waals surface area contributed by atoms with Crippen LogP contribution in [0.1, 0.15) is 24.5 Å². The van der Waals surface area contributed by atoms with E-state index in [0.29, 0.717) is 0 Å². The second-order valence-corrected chi connectivity index (χ2v) is 5.93. The number of para-hydroxylation sites is 1. The number of benzene rings is 2. The molecule has 1 aliphatic heterocycles. The van der Waals surface area contributed by atoms with Crippen LogP contribution in [0.2, 0.25) is 0 Å². The Hall–Kier alpha value is -2.26. The van der Waals surface area contributed by atoms with Gasteiger partial charge in [-0.3, -0.25) is 0 Å². The Morgan fingerprint density at radius 3 is 2.74 bits per heavy atom. The highest BCUT2D eigenvalue weighted by Gasteiger charge is 2.16. The summed E-state index contributed by atoms with van der Waals surface area (Å²) >= 11 is 0. The van der Waals surface area contributed by atoms with Gasteiger partial charge in [-0.05, 0) is 54.3 Å². The highest BCUT2D eigenvalue weighted by molar-refractivity contribution is 5.59. The van der Waals surface area contributed by atoms with E-state index in [4.69, 9.17) is 4.74 Å².